The highest BCUT2D eigenvalue weighted by molar-refractivity contribution is 5.64. The van der Waals surface area contributed by atoms with Crippen molar-refractivity contribution in [3.63, 3.8) is 0 Å². The smallest absolute Gasteiger partial charge is 0.406 e. The van der Waals surface area contributed by atoms with Gasteiger partial charge in [-0.05, 0) is 26.0 Å². The van der Waals surface area contributed by atoms with E-state index in [1.54, 1.807) is 19.1 Å². The van der Waals surface area contributed by atoms with Crippen molar-refractivity contribution < 1.29 is 17.9 Å². The van der Waals surface area contributed by atoms with Crippen LogP contribution >= 0.6 is 0 Å². The lowest BCUT2D eigenvalue weighted by Crippen LogP contribution is -2.17. The van der Waals surface area contributed by atoms with E-state index in [2.05, 4.69) is 20.0 Å². The molecule has 0 saturated carbocycles. The second-order valence-electron chi connectivity index (χ2n) is 4.29. The Morgan fingerprint density at radius 3 is 2.62 bits per heavy atom. The summed E-state index contributed by atoms with van der Waals surface area (Å²) in [6.07, 6.45) is -4.71. The molecule has 0 amide bonds. The second-order valence-corrected chi connectivity index (χ2v) is 4.29. The molecule has 112 valence electrons. The molecule has 2 rings (SSSR count). The normalized spacial score (nSPS) is 11.3. The molecule has 0 radical (unpaired) electrons. The third kappa shape index (κ3) is 4.34. The number of aryl methyl sites for hydroxylation is 1. The predicted molar refractivity (Wildman–Crippen MR) is 73.1 cm³/mol. The van der Waals surface area contributed by atoms with Crippen LogP contribution in [0, 0.1) is 6.92 Å². The van der Waals surface area contributed by atoms with Crippen molar-refractivity contribution in [1.29, 1.82) is 0 Å². The van der Waals surface area contributed by atoms with Crippen molar-refractivity contribution in [3.05, 3.63) is 36.2 Å². The van der Waals surface area contributed by atoms with Gasteiger partial charge >= 0.3 is 6.36 Å². The van der Waals surface area contributed by atoms with Gasteiger partial charge in [0.15, 0.2) is 0 Å². The molecule has 4 nitrogen and oxygen atoms in total. The van der Waals surface area contributed by atoms with E-state index in [1.807, 2.05) is 6.92 Å². The van der Waals surface area contributed by atoms with Crippen molar-refractivity contribution >= 4 is 5.82 Å². The summed E-state index contributed by atoms with van der Waals surface area (Å²) in [6, 6.07) is 7.38. The summed E-state index contributed by atoms with van der Waals surface area (Å²) < 4.78 is 40.7. The molecule has 0 spiro atoms. The molecule has 0 saturated heterocycles. The predicted octanol–water partition coefficient (Wildman–Crippen LogP) is 3.78. The Bertz CT molecular complexity index is 629. The van der Waals surface area contributed by atoms with Crippen molar-refractivity contribution in [1.82, 2.24) is 9.97 Å². The molecule has 0 unspecified atom stereocenters. The van der Waals surface area contributed by atoms with Gasteiger partial charge in [0.2, 0.25) is 0 Å². The van der Waals surface area contributed by atoms with Gasteiger partial charge in [-0.2, -0.15) is 0 Å². The highest BCUT2D eigenvalue weighted by Gasteiger charge is 2.31. The lowest BCUT2D eigenvalue weighted by Gasteiger charge is -2.11. The topological polar surface area (TPSA) is 47.0 Å². The summed E-state index contributed by atoms with van der Waals surface area (Å²) in [4.78, 5) is 8.43. The molecule has 0 aliphatic heterocycles. The number of benzene rings is 1. The zero-order valence-corrected chi connectivity index (χ0v) is 11.5. The third-order valence-electron chi connectivity index (χ3n) is 2.56. The third-order valence-corrected chi connectivity index (χ3v) is 2.56. The number of ether oxygens (including phenoxy) is 1. The number of hydrogen-bond donors (Lipinski definition) is 1. The first kappa shape index (κ1) is 15.1. The van der Waals surface area contributed by atoms with Crippen LogP contribution in [0.4, 0.5) is 19.0 Å². The number of rotatable bonds is 4. The molecular formula is C14H14F3N3O. The number of hydrogen-bond acceptors (Lipinski definition) is 4. The molecular weight excluding hydrogens is 283 g/mol. The number of nitrogens with zero attached hydrogens (tertiary/aromatic N) is 2. The Morgan fingerprint density at radius 2 is 1.95 bits per heavy atom. The standard InChI is InChI=1S/C14H14F3N3O/c1-3-18-13-8-12(19-9(2)20-13)10-5-4-6-11(7-10)21-14(15,16)17/h4-8H,3H2,1-2H3,(H,18,19,20). The molecule has 7 heteroatoms. The quantitative estimate of drug-likeness (QED) is 0.933. The van der Waals surface area contributed by atoms with Gasteiger partial charge in [-0.1, -0.05) is 12.1 Å². The van der Waals surface area contributed by atoms with Gasteiger partial charge in [-0.15, -0.1) is 13.2 Å². The van der Waals surface area contributed by atoms with Gasteiger partial charge in [-0.3, -0.25) is 0 Å². The van der Waals surface area contributed by atoms with Crippen LogP contribution in [-0.4, -0.2) is 22.9 Å². The molecule has 0 atom stereocenters. The fourth-order valence-electron chi connectivity index (χ4n) is 1.84. The van der Waals surface area contributed by atoms with Crippen LogP contribution in [0.3, 0.4) is 0 Å². The summed E-state index contributed by atoms with van der Waals surface area (Å²) in [7, 11) is 0. The number of alkyl halides is 3. The molecule has 1 aromatic carbocycles. The number of anilines is 1. The summed E-state index contributed by atoms with van der Waals surface area (Å²) in [5, 5.41) is 3.05. The highest BCUT2D eigenvalue weighted by Crippen LogP contribution is 2.27. The fraction of sp³-hybridized carbons (Fsp3) is 0.286. The first-order valence-electron chi connectivity index (χ1n) is 6.33. The number of nitrogens with one attached hydrogen (secondary N) is 1. The minimum atomic E-state index is -4.71. The van der Waals surface area contributed by atoms with Crippen LogP contribution in [0.1, 0.15) is 12.7 Å². The monoisotopic (exact) mass is 297 g/mol. The van der Waals surface area contributed by atoms with Crippen molar-refractivity contribution in [2.24, 2.45) is 0 Å². The number of halogens is 3. The van der Waals surface area contributed by atoms with Crippen molar-refractivity contribution in [3.8, 4) is 17.0 Å². The Hall–Kier alpha value is -2.31. The maximum atomic E-state index is 12.2. The Balaban J connectivity index is 2.35. The number of aromatic nitrogens is 2. The van der Waals surface area contributed by atoms with E-state index in [1.165, 1.54) is 18.2 Å². The van der Waals surface area contributed by atoms with E-state index in [0.29, 0.717) is 29.4 Å². The highest BCUT2D eigenvalue weighted by atomic mass is 19.4. The van der Waals surface area contributed by atoms with Crippen molar-refractivity contribution in [2.75, 3.05) is 11.9 Å². The zero-order valence-electron chi connectivity index (χ0n) is 11.5. The van der Waals surface area contributed by atoms with E-state index < -0.39 is 6.36 Å². The van der Waals surface area contributed by atoms with Gasteiger partial charge in [0.1, 0.15) is 17.4 Å². The Morgan fingerprint density at radius 1 is 1.19 bits per heavy atom. The van der Waals surface area contributed by atoms with Gasteiger partial charge in [0.25, 0.3) is 0 Å². The van der Waals surface area contributed by atoms with Gasteiger partial charge in [-0.25, -0.2) is 9.97 Å². The minimum absolute atomic E-state index is 0.277. The minimum Gasteiger partial charge on any atom is -0.406 e. The van der Waals surface area contributed by atoms with E-state index in [-0.39, 0.29) is 5.75 Å². The average molecular weight is 297 g/mol. The molecule has 1 aromatic heterocycles. The van der Waals surface area contributed by atoms with Gasteiger partial charge in [0, 0.05) is 18.2 Å². The molecule has 1 heterocycles. The summed E-state index contributed by atoms with van der Waals surface area (Å²) in [5.74, 6) is 0.883. The molecule has 0 aliphatic rings. The van der Waals surface area contributed by atoms with Crippen LogP contribution in [0.5, 0.6) is 5.75 Å². The van der Waals surface area contributed by atoms with Gasteiger partial charge < -0.3 is 10.1 Å². The van der Waals surface area contributed by atoms with E-state index >= 15 is 0 Å². The second kappa shape index (κ2) is 5.99. The Labute approximate surface area is 120 Å². The molecule has 1 N–H and O–H groups in total. The Kier molecular flexibility index (Phi) is 4.30. The van der Waals surface area contributed by atoms with Crippen molar-refractivity contribution in [2.45, 2.75) is 20.2 Å². The SMILES string of the molecule is CCNc1cc(-c2cccc(OC(F)(F)F)c2)nc(C)n1. The molecule has 0 aliphatic carbocycles. The summed E-state index contributed by atoms with van der Waals surface area (Å²) >= 11 is 0. The maximum absolute atomic E-state index is 12.2. The van der Waals surface area contributed by atoms with E-state index in [9.17, 15) is 13.2 Å². The average Bonchev–Trinajstić information content (AvgIpc) is 2.36. The van der Waals surface area contributed by atoms with E-state index in [0.717, 1.165) is 0 Å². The summed E-state index contributed by atoms with van der Waals surface area (Å²) in [5.41, 5.74) is 1.06. The maximum Gasteiger partial charge on any atom is 0.573 e. The largest absolute Gasteiger partial charge is 0.573 e. The molecule has 2 aromatic rings. The van der Waals surface area contributed by atoms with Crippen LogP contribution in [0.15, 0.2) is 30.3 Å². The summed E-state index contributed by atoms with van der Waals surface area (Å²) in [6.45, 7) is 4.34. The molecule has 0 fully saturated rings. The molecule has 21 heavy (non-hydrogen) atoms. The van der Waals surface area contributed by atoms with Crippen LogP contribution in [0.2, 0.25) is 0 Å². The van der Waals surface area contributed by atoms with E-state index in [4.69, 9.17) is 0 Å². The zero-order chi connectivity index (χ0) is 15.5. The van der Waals surface area contributed by atoms with Gasteiger partial charge in [0.05, 0.1) is 5.69 Å². The lowest BCUT2D eigenvalue weighted by molar-refractivity contribution is -0.274. The first-order chi connectivity index (χ1) is 9.87. The fourth-order valence-corrected chi connectivity index (χ4v) is 1.84. The van der Waals surface area contributed by atoms with Crippen LogP contribution in [-0.2, 0) is 0 Å². The first-order valence-corrected chi connectivity index (χ1v) is 6.33. The van der Waals surface area contributed by atoms with Crippen LogP contribution < -0.4 is 10.1 Å². The van der Waals surface area contributed by atoms with Crippen LogP contribution in [0.25, 0.3) is 11.3 Å². The molecule has 0 bridgehead atoms. The lowest BCUT2D eigenvalue weighted by atomic mass is 10.1.